The van der Waals surface area contributed by atoms with Crippen molar-refractivity contribution in [1.82, 2.24) is 4.90 Å². The quantitative estimate of drug-likeness (QED) is 0.502. The molecular weight excluding hydrogens is 334 g/mol. The number of benzene rings is 2. The standard InChI is InChI=1S/C24H33NO2/c1-5-7-11-23(22-12-9-8-10-19(22)6-2)24(26)20-13-15-21(16-14-20)27-18-17-25(3)4/h8-10,12-16,23H,5-7,11,17-18H2,1-4H3. The zero-order chi connectivity index (χ0) is 19.6. The third-order valence-corrected chi connectivity index (χ3v) is 4.92. The molecule has 0 heterocycles. The largest absolute Gasteiger partial charge is 0.492 e. The van der Waals surface area contributed by atoms with E-state index in [1.807, 2.05) is 44.4 Å². The van der Waals surface area contributed by atoms with E-state index in [4.69, 9.17) is 4.74 Å². The van der Waals surface area contributed by atoms with E-state index in [-0.39, 0.29) is 11.7 Å². The Bertz CT molecular complexity index is 707. The van der Waals surface area contributed by atoms with Gasteiger partial charge in [0.15, 0.2) is 5.78 Å². The van der Waals surface area contributed by atoms with Crippen LogP contribution < -0.4 is 4.74 Å². The van der Waals surface area contributed by atoms with E-state index in [0.717, 1.165) is 43.5 Å². The van der Waals surface area contributed by atoms with Gasteiger partial charge in [0.1, 0.15) is 12.4 Å². The van der Waals surface area contributed by atoms with Crippen LogP contribution in [0.15, 0.2) is 48.5 Å². The Kier molecular flexibility index (Phi) is 8.53. The molecule has 0 spiro atoms. The zero-order valence-electron chi connectivity index (χ0n) is 17.2. The molecule has 0 aromatic heterocycles. The van der Waals surface area contributed by atoms with Crippen molar-refractivity contribution >= 4 is 5.78 Å². The summed E-state index contributed by atoms with van der Waals surface area (Å²) in [6.07, 6.45) is 4.00. The highest BCUT2D eigenvalue weighted by molar-refractivity contribution is 6.01. The molecule has 0 aliphatic carbocycles. The van der Waals surface area contributed by atoms with Crippen molar-refractivity contribution in [3.05, 3.63) is 65.2 Å². The molecule has 2 rings (SSSR count). The van der Waals surface area contributed by atoms with E-state index in [0.29, 0.717) is 6.61 Å². The van der Waals surface area contributed by atoms with Crippen LogP contribution in [0, 0.1) is 0 Å². The highest BCUT2D eigenvalue weighted by atomic mass is 16.5. The van der Waals surface area contributed by atoms with Crippen LogP contribution in [0.5, 0.6) is 5.75 Å². The lowest BCUT2D eigenvalue weighted by Crippen LogP contribution is -2.19. The van der Waals surface area contributed by atoms with E-state index >= 15 is 0 Å². The summed E-state index contributed by atoms with van der Waals surface area (Å²) in [4.78, 5) is 15.4. The average Bonchev–Trinajstić information content (AvgIpc) is 2.68. The van der Waals surface area contributed by atoms with Gasteiger partial charge < -0.3 is 9.64 Å². The van der Waals surface area contributed by atoms with Crippen molar-refractivity contribution in [2.24, 2.45) is 0 Å². The van der Waals surface area contributed by atoms with E-state index < -0.39 is 0 Å². The molecular formula is C24H33NO2. The van der Waals surface area contributed by atoms with Crippen molar-refractivity contribution in [3.8, 4) is 5.75 Å². The summed E-state index contributed by atoms with van der Waals surface area (Å²) in [7, 11) is 4.05. The molecule has 0 aliphatic heterocycles. The van der Waals surface area contributed by atoms with E-state index in [1.165, 1.54) is 11.1 Å². The van der Waals surface area contributed by atoms with Crippen molar-refractivity contribution in [2.45, 2.75) is 45.4 Å². The SMILES string of the molecule is CCCCC(C(=O)c1ccc(OCCN(C)C)cc1)c1ccccc1CC. The number of ketones is 1. The first-order valence-electron chi connectivity index (χ1n) is 10.1. The maximum atomic E-state index is 13.3. The van der Waals surface area contributed by atoms with Crippen molar-refractivity contribution in [3.63, 3.8) is 0 Å². The minimum Gasteiger partial charge on any atom is -0.492 e. The number of Topliss-reactive ketones (excluding diaryl/α,β-unsaturated/α-hetero) is 1. The van der Waals surface area contributed by atoms with Gasteiger partial charge in [-0.05, 0) is 62.3 Å². The number of nitrogens with zero attached hydrogens (tertiary/aromatic N) is 1. The number of aryl methyl sites for hydroxylation is 1. The van der Waals surface area contributed by atoms with Crippen LogP contribution in [0.1, 0.15) is 60.5 Å². The normalized spacial score (nSPS) is 12.2. The van der Waals surface area contributed by atoms with Crippen molar-refractivity contribution in [2.75, 3.05) is 27.2 Å². The fourth-order valence-corrected chi connectivity index (χ4v) is 3.29. The van der Waals surface area contributed by atoms with Gasteiger partial charge in [-0.1, -0.05) is 51.0 Å². The van der Waals surface area contributed by atoms with Gasteiger partial charge in [-0.3, -0.25) is 4.79 Å². The lowest BCUT2D eigenvalue weighted by Gasteiger charge is -2.19. The Morgan fingerprint density at radius 2 is 1.74 bits per heavy atom. The molecule has 2 aromatic carbocycles. The molecule has 0 amide bonds. The van der Waals surface area contributed by atoms with E-state index in [2.05, 4.69) is 36.9 Å². The number of carbonyl (C=O) groups excluding carboxylic acids is 1. The maximum absolute atomic E-state index is 13.3. The number of likely N-dealkylation sites (N-methyl/N-ethyl adjacent to an activating group) is 1. The van der Waals surface area contributed by atoms with Crippen LogP contribution in [-0.4, -0.2) is 37.9 Å². The minimum absolute atomic E-state index is 0.0680. The van der Waals surface area contributed by atoms with Crippen LogP contribution in [0.25, 0.3) is 0 Å². The van der Waals surface area contributed by atoms with E-state index in [1.54, 1.807) is 0 Å². The molecule has 0 fully saturated rings. The Morgan fingerprint density at radius 1 is 1.04 bits per heavy atom. The molecule has 0 N–H and O–H groups in total. The monoisotopic (exact) mass is 367 g/mol. The molecule has 2 aromatic rings. The molecule has 0 aliphatic rings. The number of ether oxygens (including phenoxy) is 1. The molecule has 27 heavy (non-hydrogen) atoms. The summed E-state index contributed by atoms with van der Waals surface area (Å²) in [5.74, 6) is 0.957. The molecule has 0 saturated carbocycles. The third-order valence-electron chi connectivity index (χ3n) is 4.92. The summed E-state index contributed by atoms with van der Waals surface area (Å²) < 4.78 is 5.75. The molecule has 146 valence electrons. The van der Waals surface area contributed by atoms with Crippen LogP contribution in [-0.2, 0) is 6.42 Å². The van der Waals surface area contributed by atoms with Crippen LogP contribution in [0.4, 0.5) is 0 Å². The van der Waals surface area contributed by atoms with Gasteiger partial charge in [-0.15, -0.1) is 0 Å². The number of hydrogen-bond donors (Lipinski definition) is 0. The first-order valence-corrected chi connectivity index (χ1v) is 10.1. The minimum atomic E-state index is -0.0680. The molecule has 3 nitrogen and oxygen atoms in total. The smallest absolute Gasteiger partial charge is 0.170 e. The van der Waals surface area contributed by atoms with E-state index in [9.17, 15) is 4.79 Å². The fourth-order valence-electron chi connectivity index (χ4n) is 3.29. The topological polar surface area (TPSA) is 29.5 Å². The first-order chi connectivity index (χ1) is 13.1. The molecule has 0 saturated heterocycles. The van der Waals surface area contributed by atoms with Gasteiger partial charge in [0.05, 0.1) is 0 Å². The summed E-state index contributed by atoms with van der Waals surface area (Å²) in [6, 6.07) is 16.0. The predicted molar refractivity (Wildman–Crippen MR) is 113 cm³/mol. The summed E-state index contributed by atoms with van der Waals surface area (Å²) >= 11 is 0. The Morgan fingerprint density at radius 3 is 2.37 bits per heavy atom. The second-order valence-corrected chi connectivity index (χ2v) is 7.29. The maximum Gasteiger partial charge on any atom is 0.170 e. The molecule has 0 bridgehead atoms. The Balaban J connectivity index is 2.17. The van der Waals surface area contributed by atoms with Crippen molar-refractivity contribution < 1.29 is 9.53 Å². The van der Waals surface area contributed by atoms with Gasteiger partial charge in [-0.25, -0.2) is 0 Å². The molecule has 1 atom stereocenters. The number of unbranched alkanes of at least 4 members (excludes halogenated alkanes) is 1. The zero-order valence-corrected chi connectivity index (χ0v) is 17.2. The van der Waals surface area contributed by atoms with Crippen LogP contribution in [0.3, 0.4) is 0 Å². The summed E-state index contributed by atoms with van der Waals surface area (Å²) in [5, 5.41) is 0. The number of carbonyl (C=O) groups is 1. The summed E-state index contributed by atoms with van der Waals surface area (Å²) in [5.41, 5.74) is 3.22. The average molecular weight is 368 g/mol. The first kappa shape index (κ1) is 21.2. The Hall–Kier alpha value is -2.13. The second-order valence-electron chi connectivity index (χ2n) is 7.29. The number of rotatable bonds is 11. The molecule has 1 unspecified atom stereocenters. The van der Waals surface area contributed by atoms with Gasteiger partial charge in [-0.2, -0.15) is 0 Å². The fraction of sp³-hybridized carbons (Fsp3) is 0.458. The van der Waals surface area contributed by atoms with Crippen molar-refractivity contribution in [1.29, 1.82) is 0 Å². The van der Waals surface area contributed by atoms with Crippen LogP contribution in [0.2, 0.25) is 0 Å². The Labute approximate surface area is 164 Å². The highest BCUT2D eigenvalue weighted by Crippen LogP contribution is 2.30. The third kappa shape index (κ3) is 6.21. The molecule has 3 heteroatoms. The predicted octanol–water partition coefficient (Wildman–Crippen LogP) is 5.35. The van der Waals surface area contributed by atoms with Crippen LogP contribution >= 0.6 is 0 Å². The van der Waals surface area contributed by atoms with Gasteiger partial charge >= 0.3 is 0 Å². The van der Waals surface area contributed by atoms with Gasteiger partial charge in [0, 0.05) is 18.0 Å². The molecule has 0 radical (unpaired) electrons. The second kappa shape index (κ2) is 10.9. The lowest BCUT2D eigenvalue weighted by atomic mass is 9.83. The summed E-state index contributed by atoms with van der Waals surface area (Å²) in [6.45, 7) is 5.84. The lowest BCUT2D eigenvalue weighted by molar-refractivity contribution is 0.0953. The van der Waals surface area contributed by atoms with Gasteiger partial charge in [0.25, 0.3) is 0 Å². The highest BCUT2D eigenvalue weighted by Gasteiger charge is 2.23. The number of hydrogen-bond acceptors (Lipinski definition) is 3. The van der Waals surface area contributed by atoms with Gasteiger partial charge in [0.2, 0.25) is 0 Å².